The van der Waals surface area contributed by atoms with Crippen molar-refractivity contribution in [3.8, 4) is 11.8 Å². The van der Waals surface area contributed by atoms with Gasteiger partial charge in [0.2, 0.25) is 0 Å². The number of rotatable bonds is 6. The van der Waals surface area contributed by atoms with Gasteiger partial charge < -0.3 is 45.5 Å². The first kappa shape index (κ1) is 51.7. The van der Waals surface area contributed by atoms with Crippen molar-refractivity contribution >= 4 is 12.3 Å². The minimum Gasteiger partial charge on any atom is -0.454 e. The van der Waals surface area contributed by atoms with E-state index in [1.165, 1.54) is 18.4 Å². The summed E-state index contributed by atoms with van der Waals surface area (Å²) in [6.45, 7) is 2.23. The van der Waals surface area contributed by atoms with Crippen LogP contribution in [0.25, 0.3) is 0 Å². The molecule has 77 heavy (non-hydrogen) atoms. The van der Waals surface area contributed by atoms with Crippen LogP contribution in [0.4, 0.5) is 0 Å². The topological polar surface area (TPSA) is 177 Å². The lowest BCUT2D eigenvalue weighted by atomic mass is 9.32. The van der Waals surface area contributed by atoms with E-state index in [9.17, 15) is 25.2 Å². The molecule has 0 unspecified atom stereocenters. The summed E-state index contributed by atoms with van der Waals surface area (Å²) < 4.78 is 6.47. The van der Waals surface area contributed by atoms with Crippen LogP contribution in [0, 0.1) is 98.6 Å². The average Bonchev–Trinajstić information content (AvgIpc) is 4.44. The normalized spacial score (nSPS) is 48.5. The van der Waals surface area contributed by atoms with E-state index >= 15 is 15.0 Å². The third kappa shape index (κ3) is 6.86. The average molecular weight is 1050 g/mol. The van der Waals surface area contributed by atoms with Crippen LogP contribution in [0.3, 0.4) is 0 Å². The molecule has 10 heteroatoms. The second-order valence-corrected chi connectivity index (χ2v) is 28.7. The highest BCUT2D eigenvalue weighted by atomic mass is 16.5. The second kappa shape index (κ2) is 18.3. The first-order chi connectivity index (χ1) is 37.1. The first-order valence-electron chi connectivity index (χ1n) is 31.0. The zero-order valence-corrected chi connectivity index (χ0v) is 45.9. The fourth-order valence-electron chi connectivity index (χ4n) is 23.5. The van der Waals surface area contributed by atoms with Crippen LogP contribution in [0.1, 0.15) is 176 Å². The van der Waals surface area contributed by atoms with Gasteiger partial charge in [-0.05, 0) is 192 Å². The van der Waals surface area contributed by atoms with Crippen LogP contribution in [-0.2, 0) is 27.4 Å². The zero-order chi connectivity index (χ0) is 53.1. The number of nitrogens with one attached hydrogen (secondary N) is 1. The predicted octanol–water partition coefficient (Wildman–Crippen LogP) is 8.89. The van der Waals surface area contributed by atoms with Crippen molar-refractivity contribution < 1.29 is 45.0 Å². The summed E-state index contributed by atoms with van der Waals surface area (Å²) in [6, 6.07) is 16.6. The standard InChI is InChI=1S/C67H87NO9/c1-39(40-11-6-7-12-40)43-17-20-52-59(72)62(27-22-45-29-44(18-19-51(45)62)41-13-4-3-5-14-41)37-64(38-70)55-23-28-63-36-61(24-8-9-25-61)26-21-42-15-10-16-46(35-69)48(42)32-54(68-2)49-30-47(57(63)50-33-56(71)77-58(49)50)34-65(63,74)67(55,76)60(73)53(31-43)66(52,64)75/h3-5,10,13-16,33,38-40,43-45,47,49,51-55,57-60,68-69,72-76H,6-9,11-12,17-20,22-25,27-32,34-37H2,1-2H3/t39-,43-,44+,45+,47-,49-,51-,52+,53-,54-,55+,57+,58+,59+,60+,62+,63-,64-,65+,66+,67+/m0/s1. The first-order valence-corrected chi connectivity index (χ1v) is 31.0. The number of hydrogen-bond donors (Lipinski definition) is 7. The highest BCUT2D eigenvalue weighted by Gasteiger charge is 2.87. The largest absolute Gasteiger partial charge is 0.454 e. The number of esters is 1. The molecule has 10 fully saturated rings. The molecule has 3 spiro atoms. The Labute approximate surface area is 457 Å². The van der Waals surface area contributed by atoms with E-state index in [1.54, 1.807) is 6.08 Å². The van der Waals surface area contributed by atoms with Crippen LogP contribution in [-0.4, -0.2) is 91.1 Å². The predicted molar refractivity (Wildman–Crippen MR) is 291 cm³/mol. The fraction of sp³-hybridized carbons (Fsp3) is 0.731. The molecule has 7 N–H and O–H groups in total. The van der Waals surface area contributed by atoms with Crippen molar-refractivity contribution in [2.24, 2.45) is 86.8 Å². The van der Waals surface area contributed by atoms with Gasteiger partial charge in [0, 0.05) is 57.6 Å². The van der Waals surface area contributed by atoms with E-state index in [0.29, 0.717) is 62.7 Å². The van der Waals surface area contributed by atoms with Gasteiger partial charge in [-0.25, -0.2) is 4.79 Å². The molecule has 0 amide bonds. The summed E-state index contributed by atoms with van der Waals surface area (Å²) in [7, 11) is 1.95. The summed E-state index contributed by atoms with van der Waals surface area (Å²) in [5, 5.41) is 87.0. The zero-order valence-electron chi connectivity index (χ0n) is 45.9. The molecule has 2 aromatic rings. The molecule has 4 bridgehead atoms. The molecule has 0 aromatic heterocycles. The number of aliphatic hydroxyl groups is 6. The Hall–Kier alpha value is -3.40. The van der Waals surface area contributed by atoms with E-state index in [1.807, 2.05) is 19.2 Å². The van der Waals surface area contributed by atoms with Gasteiger partial charge in [-0.15, -0.1) is 0 Å². The lowest BCUT2D eigenvalue weighted by Gasteiger charge is -2.75. The van der Waals surface area contributed by atoms with Crippen molar-refractivity contribution in [2.75, 3.05) is 7.05 Å². The van der Waals surface area contributed by atoms with Crippen molar-refractivity contribution in [3.05, 3.63) is 82.4 Å². The van der Waals surface area contributed by atoms with Gasteiger partial charge >= 0.3 is 5.97 Å². The van der Waals surface area contributed by atoms with E-state index in [2.05, 4.69) is 60.5 Å². The summed E-state index contributed by atoms with van der Waals surface area (Å²) in [4.78, 5) is 29.5. The Morgan fingerprint density at radius 3 is 2.31 bits per heavy atom. The number of aliphatic hydroxyl groups excluding tert-OH is 3. The van der Waals surface area contributed by atoms with E-state index in [4.69, 9.17) is 4.74 Å². The van der Waals surface area contributed by atoms with Crippen LogP contribution < -0.4 is 5.32 Å². The van der Waals surface area contributed by atoms with E-state index in [-0.39, 0.29) is 61.0 Å². The lowest BCUT2D eigenvalue weighted by molar-refractivity contribution is -0.386. The third-order valence-electron chi connectivity index (χ3n) is 26.5. The van der Waals surface area contributed by atoms with Gasteiger partial charge in [0.15, 0.2) is 0 Å². The molecule has 1 heterocycles. The molecule has 12 aliphatic carbocycles. The molecular formula is C67H87NO9. The smallest absolute Gasteiger partial charge is 0.331 e. The quantitative estimate of drug-likeness (QED) is 0.0841. The number of likely N-dealkylation sites (N-methyl/N-ethyl adjacent to an activating group) is 1. The highest BCUT2D eigenvalue weighted by molar-refractivity contribution is 5.86. The molecule has 1 aliphatic heterocycles. The number of carbonyl (C=O) groups excluding carboxylic acids is 2. The molecule has 10 nitrogen and oxygen atoms in total. The maximum Gasteiger partial charge on any atom is 0.331 e. The maximum absolute atomic E-state index is 15.5. The molecule has 21 atom stereocenters. The van der Waals surface area contributed by atoms with Crippen molar-refractivity contribution in [2.45, 2.75) is 208 Å². The van der Waals surface area contributed by atoms with Gasteiger partial charge in [-0.3, -0.25) is 0 Å². The third-order valence-corrected chi connectivity index (χ3v) is 26.5. The molecular weight excluding hydrogens is 963 g/mol. The maximum atomic E-state index is 15.5. The molecule has 13 aliphatic rings. The number of aldehydes is 1. The Bertz CT molecular complexity index is 2760. The number of fused-ring (bicyclic) bond motifs is 6. The van der Waals surface area contributed by atoms with Crippen LogP contribution in [0.5, 0.6) is 0 Å². The van der Waals surface area contributed by atoms with Crippen molar-refractivity contribution in [3.63, 3.8) is 0 Å². The number of ether oxygens (including phenoxy) is 1. The number of carbonyl (C=O) groups is 2. The highest BCUT2D eigenvalue weighted by Crippen LogP contribution is 2.81. The summed E-state index contributed by atoms with van der Waals surface area (Å²) >= 11 is 0. The van der Waals surface area contributed by atoms with E-state index < -0.39 is 80.5 Å². The SMILES string of the molecule is CN[C@H]1Cc2c(cccc2CO)C#CC2(CCCC2)C[C@]23CC[C@H]4[C@@](O)([C@H](O)[C@@H]5C[C@@H]([C@@H](C)C6CCCC6)CC[C@@H]6[C@@H](O)[C@]7(CC[C@@H]8C[C@H](c9ccccc9)CC[C@@H]87)C[C@@]4(C=O)[C@@]65O)[C@@]2(O)C[C@@H]2C[C@@H]1[C@H]1OC(=O)C=C1[C@@H]23. The van der Waals surface area contributed by atoms with Gasteiger partial charge in [-0.2, -0.15) is 0 Å². The Balaban J connectivity index is 0.956. The van der Waals surface area contributed by atoms with Gasteiger partial charge in [0.1, 0.15) is 23.6 Å². The number of benzene rings is 2. The Morgan fingerprint density at radius 2 is 1.56 bits per heavy atom. The molecule has 2 aromatic carbocycles. The van der Waals surface area contributed by atoms with Crippen LogP contribution in [0.15, 0.2) is 60.2 Å². The van der Waals surface area contributed by atoms with Crippen LogP contribution >= 0.6 is 0 Å². The summed E-state index contributed by atoms with van der Waals surface area (Å²) in [5.41, 5.74) is -5.05. The minimum absolute atomic E-state index is 0.0791. The monoisotopic (exact) mass is 1050 g/mol. The van der Waals surface area contributed by atoms with Gasteiger partial charge in [0.05, 0.1) is 29.8 Å². The summed E-state index contributed by atoms with van der Waals surface area (Å²) in [6.07, 6.45) is 16.9. The van der Waals surface area contributed by atoms with Crippen LogP contribution in [0.2, 0.25) is 0 Å². The molecule has 414 valence electrons. The van der Waals surface area contributed by atoms with Gasteiger partial charge in [-0.1, -0.05) is 99.8 Å². The van der Waals surface area contributed by atoms with E-state index in [0.717, 1.165) is 106 Å². The van der Waals surface area contributed by atoms with Gasteiger partial charge in [0.25, 0.3) is 0 Å². The fourth-order valence-corrected chi connectivity index (χ4v) is 23.5. The summed E-state index contributed by atoms with van der Waals surface area (Å²) in [5.74, 6) is 5.51. The second-order valence-electron chi connectivity index (χ2n) is 28.7. The Kier molecular flexibility index (Phi) is 12.3. The molecule has 0 saturated heterocycles. The minimum atomic E-state index is -2.24. The molecule has 0 radical (unpaired) electrons. The van der Waals surface area contributed by atoms with Crippen molar-refractivity contribution in [1.29, 1.82) is 0 Å². The molecule has 10 saturated carbocycles. The van der Waals surface area contributed by atoms with Crippen molar-refractivity contribution in [1.82, 2.24) is 5.32 Å². The number of hydrogen-bond acceptors (Lipinski definition) is 10. The Morgan fingerprint density at radius 1 is 0.779 bits per heavy atom. The lowest BCUT2D eigenvalue weighted by Crippen LogP contribution is -2.86. The molecule has 15 rings (SSSR count).